The highest BCUT2D eigenvalue weighted by atomic mass is 35.5. The fourth-order valence-corrected chi connectivity index (χ4v) is 6.56. The number of halogens is 2. The van der Waals surface area contributed by atoms with E-state index in [0.717, 1.165) is 15.4 Å². The monoisotopic (exact) mass is 651 g/mol. The lowest BCUT2D eigenvalue weighted by atomic mass is 10.1. The van der Waals surface area contributed by atoms with Crippen molar-refractivity contribution in [2.24, 2.45) is 0 Å². The molecule has 2 amide bonds. The number of amides is 2. The number of nitrogens with zero attached hydrogens (tertiary/aromatic N) is 2. The molecule has 0 unspecified atom stereocenters. The molecule has 0 spiro atoms. The normalized spacial score (nSPS) is 14.5. The molecule has 44 heavy (non-hydrogen) atoms. The van der Waals surface area contributed by atoms with Crippen LogP contribution in [0.2, 0.25) is 10.0 Å². The van der Waals surface area contributed by atoms with E-state index in [0.29, 0.717) is 35.0 Å². The molecule has 0 radical (unpaired) electrons. The van der Waals surface area contributed by atoms with Gasteiger partial charge in [-0.05, 0) is 60.9 Å². The lowest BCUT2D eigenvalue weighted by Gasteiger charge is -2.35. The smallest absolute Gasteiger partial charge is 0.262 e. The number of hydrogen-bond donors (Lipinski definition) is 1. The van der Waals surface area contributed by atoms with E-state index in [-0.39, 0.29) is 28.9 Å². The van der Waals surface area contributed by atoms with E-state index in [9.17, 15) is 18.0 Å². The first-order valence-electron chi connectivity index (χ1n) is 14.0. The number of ether oxygens (including phenoxy) is 1. The predicted molar refractivity (Wildman–Crippen MR) is 172 cm³/mol. The van der Waals surface area contributed by atoms with Crippen molar-refractivity contribution < 1.29 is 22.7 Å². The zero-order valence-corrected chi connectivity index (χ0v) is 26.3. The molecule has 0 fully saturated rings. The quantitative estimate of drug-likeness (QED) is 0.239. The second kappa shape index (κ2) is 13.8. The number of carbonyl (C=O) groups is 2. The van der Waals surface area contributed by atoms with Crippen molar-refractivity contribution in [3.63, 3.8) is 0 Å². The molecule has 0 aliphatic carbocycles. The summed E-state index contributed by atoms with van der Waals surface area (Å²) in [6.07, 6.45) is -0.346. The van der Waals surface area contributed by atoms with Crippen LogP contribution in [0, 0.1) is 6.92 Å². The standard InChI is InChI=1S/C33H31Cl2N3O5S/c1-23-11-14-26(15-12-23)44(41,42)37(20-25-13-16-27(34)28(35)19-25)22-32(39)38-21-31(43-30-10-6-5-9-29(30)38)33(40)36-18-17-24-7-3-2-4-8-24/h2-16,19,31H,17-18,20-22H2,1H3,(H,36,40)/t31-/m1/s1. The third-order valence-electron chi connectivity index (χ3n) is 7.24. The van der Waals surface area contributed by atoms with Crippen molar-refractivity contribution in [2.75, 3.05) is 24.5 Å². The fraction of sp³-hybridized carbons (Fsp3) is 0.212. The third-order valence-corrected chi connectivity index (χ3v) is 9.78. The Bertz CT molecular complexity index is 1750. The summed E-state index contributed by atoms with van der Waals surface area (Å²) in [6, 6.07) is 27.9. The Morgan fingerprint density at radius 3 is 2.34 bits per heavy atom. The Hall–Kier alpha value is -3.89. The number of nitrogens with one attached hydrogen (secondary N) is 1. The van der Waals surface area contributed by atoms with Crippen molar-refractivity contribution in [3.8, 4) is 5.75 Å². The number of para-hydroxylation sites is 2. The first-order chi connectivity index (χ1) is 21.1. The van der Waals surface area contributed by atoms with Crippen LogP contribution in [0.4, 0.5) is 5.69 Å². The minimum absolute atomic E-state index is 0.0500. The van der Waals surface area contributed by atoms with Crippen LogP contribution in [0.25, 0.3) is 0 Å². The van der Waals surface area contributed by atoms with Crippen molar-refractivity contribution in [2.45, 2.75) is 30.9 Å². The average molecular weight is 653 g/mol. The van der Waals surface area contributed by atoms with E-state index in [1.165, 1.54) is 17.0 Å². The summed E-state index contributed by atoms with van der Waals surface area (Å²) >= 11 is 12.3. The topological polar surface area (TPSA) is 96.0 Å². The van der Waals surface area contributed by atoms with E-state index < -0.39 is 28.6 Å². The Labute approximate surface area is 267 Å². The van der Waals surface area contributed by atoms with Crippen molar-refractivity contribution in [3.05, 3.63) is 124 Å². The number of sulfonamides is 1. The molecule has 1 heterocycles. The van der Waals surface area contributed by atoms with Crippen LogP contribution in [-0.2, 0) is 32.6 Å². The Morgan fingerprint density at radius 1 is 0.909 bits per heavy atom. The molecule has 0 saturated carbocycles. The molecule has 0 saturated heterocycles. The van der Waals surface area contributed by atoms with Gasteiger partial charge < -0.3 is 15.0 Å². The summed E-state index contributed by atoms with van der Waals surface area (Å²) in [5, 5.41) is 3.49. The number of anilines is 1. The molecule has 0 aromatic heterocycles. The van der Waals surface area contributed by atoms with Gasteiger partial charge >= 0.3 is 0 Å². The zero-order valence-electron chi connectivity index (χ0n) is 24.0. The van der Waals surface area contributed by atoms with Crippen LogP contribution in [0.3, 0.4) is 0 Å². The maximum Gasteiger partial charge on any atom is 0.262 e. The molecular formula is C33H31Cl2N3O5S. The predicted octanol–water partition coefficient (Wildman–Crippen LogP) is 5.65. The molecule has 11 heteroatoms. The second-order valence-electron chi connectivity index (χ2n) is 10.4. The van der Waals surface area contributed by atoms with Gasteiger partial charge in [-0.3, -0.25) is 9.59 Å². The van der Waals surface area contributed by atoms with E-state index in [2.05, 4.69) is 5.32 Å². The summed E-state index contributed by atoms with van der Waals surface area (Å²) in [5.41, 5.74) is 2.99. The highest BCUT2D eigenvalue weighted by molar-refractivity contribution is 7.89. The molecular weight excluding hydrogens is 621 g/mol. The van der Waals surface area contributed by atoms with Crippen LogP contribution in [0.15, 0.2) is 102 Å². The molecule has 4 aromatic carbocycles. The van der Waals surface area contributed by atoms with Gasteiger partial charge in [0.2, 0.25) is 15.9 Å². The van der Waals surface area contributed by atoms with Gasteiger partial charge in [-0.15, -0.1) is 0 Å². The van der Waals surface area contributed by atoms with Crippen LogP contribution < -0.4 is 15.0 Å². The molecule has 1 aliphatic heterocycles. The van der Waals surface area contributed by atoms with Gasteiger partial charge in [-0.2, -0.15) is 4.31 Å². The van der Waals surface area contributed by atoms with E-state index in [4.69, 9.17) is 27.9 Å². The Morgan fingerprint density at radius 2 is 1.61 bits per heavy atom. The van der Waals surface area contributed by atoms with Crippen LogP contribution >= 0.6 is 23.2 Å². The SMILES string of the molecule is Cc1ccc(S(=O)(=O)N(CC(=O)N2C[C@H](C(=O)NCCc3ccccc3)Oc3ccccc32)Cc2ccc(Cl)c(Cl)c2)cc1. The highest BCUT2D eigenvalue weighted by Crippen LogP contribution is 2.34. The van der Waals surface area contributed by atoms with E-state index >= 15 is 0 Å². The van der Waals surface area contributed by atoms with Gasteiger partial charge in [-0.25, -0.2) is 8.42 Å². The van der Waals surface area contributed by atoms with Gasteiger partial charge in [0, 0.05) is 13.1 Å². The van der Waals surface area contributed by atoms with Gasteiger partial charge in [0.25, 0.3) is 5.91 Å². The third kappa shape index (κ3) is 7.42. The Balaban J connectivity index is 1.38. The number of fused-ring (bicyclic) bond motifs is 1. The summed E-state index contributed by atoms with van der Waals surface area (Å²) in [5.74, 6) is -0.528. The van der Waals surface area contributed by atoms with Gasteiger partial charge in [0.15, 0.2) is 6.10 Å². The van der Waals surface area contributed by atoms with Crippen molar-refractivity contribution >= 4 is 50.7 Å². The molecule has 1 aliphatic rings. The minimum Gasteiger partial charge on any atom is -0.477 e. The summed E-state index contributed by atoms with van der Waals surface area (Å²) < 4.78 is 34.8. The largest absolute Gasteiger partial charge is 0.477 e. The number of aryl methyl sites for hydroxylation is 1. The summed E-state index contributed by atoms with van der Waals surface area (Å²) in [7, 11) is -4.12. The first-order valence-corrected chi connectivity index (χ1v) is 16.2. The maximum atomic E-state index is 14.0. The van der Waals surface area contributed by atoms with Gasteiger partial charge in [0.1, 0.15) is 5.75 Å². The molecule has 0 bridgehead atoms. The maximum absolute atomic E-state index is 14.0. The van der Waals surface area contributed by atoms with E-state index in [1.54, 1.807) is 54.6 Å². The minimum atomic E-state index is -4.12. The zero-order chi connectivity index (χ0) is 31.3. The van der Waals surface area contributed by atoms with Crippen LogP contribution in [0.5, 0.6) is 5.75 Å². The second-order valence-corrected chi connectivity index (χ2v) is 13.2. The molecule has 228 valence electrons. The van der Waals surface area contributed by atoms with Gasteiger partial charge in [0.05, 0.1) is 33.7 Å². The molecule has 1 N–H and O–H groups in total. The van der Waals surface area contributed by atoms with Crippen LogP contribution in [-0.4, -0.2) is 50.3 Å². The average Bonchev–Trinajstić information content (AvgIpc) is 3.02. The Kier molecular flexibility index (Phi) is 9.90. The highest BCUT2D eigenvalue weighted by Gasteiger charge is 2.36. The van der Waals surface area contributed by atoms with Crippen molar-refractivity contribution in [1.29, 1.82) is 0 Å². The lowest BCUT2D eigenvalue weighted by Crippen LogP contribution is -2.53. The number of rotatable bonds is 10. The fourth-order valence-electron chi connectivity index (χ4n) is 4.86. The molecule has 1 atom stereocenters. The first kappa shape index (κ1) is 31.5. The molecule has 4 aromatic rings. The lowest BCUT2D eigenvalue weighted by molar-refractivity contribution is -0.128. The number of hydrogen-bond acceptors (Lipinski definition) is 5. The molecule has 5 rings (SSSR count). The van der Waals surface area contributed by atoms with Crippen molar-refractivity contribution in [1.82, 2.24) is 9.62 Å². The molecule has 8 nitrogen and oxygen atoms in total. The summed E-state index contributed by atoms with van der Waals surface area (Å²) in [6.45, 7) is 1.54. The van der Waals surface area contributed by atoms with E-state index in [1.807, 2.05) is 37.3 Å². The number of carbonyl (C=O) groups excluding carboxylic acids is 2. The number of benzene rings is 4. The van der Waals surface area contributed by atoms with Gasteiger partial charge in [-0.1, -0.05) is 89.4 Å². The summed E-state index contributed by atoms with van der Waals surface area (Å²) in [4.78, 5) is 28.6. The van der Waals surface area contributed by atoms with Crippen LogP contribution in [0.1, 0.15) is 16.7 Å².